The van der Waals surface area contributed by atoms with E-state index in [1.165, 1.54) is 11.6 Å². The first-order valence-electron chi connectivity index (χ1n) is 12.2. The van der Waals surface area contributed by atoms with Crippen LogP contribution in [0.2, 0.25) is 0 Å². The quantitative estimate of drug-likeness (QED) is 0.337. The van der Waals surface area contributed by atoms with Gasteiger partial charge in [0.15, 0.2) is 0 Å². The van der Waals surface area contributed by atoms with Crippen LogP contribution < -0.4 is 0 Å². The first-order chi connectivity index (χ1) is 16.1. The number of aryl methyl sites for hydroxylation is 1. The molecule has 184 valence electrons. The number of ether oxygens (including phenoxy) is 3. The molecule has 1 aromatic heterocycles. The Balaban J connectivity index is 1.69. The van der Waals surface area contributed by atoms with Crippen LogP contribution in [0.4, 0.5) is 0 Å². The maximum atomic E-state index is 12.9. The SMILES string of the molecule is COC12C=CC(C)(O1)C(OC(=O)C=Cc1cn(C)cn1)CC1C(C)=CCC(C(C)C)C1C=C2C. The lowest BCUT2D eigenvalue weighted by atomic mass is 9.65. The van der Waals surface area contributed by atoms with E-state index in [0.29, 0.717) is 29.9 Å². The van der Waals surface area contributed by atoms with Crippen LogP contribution in [0.1, 0.15) is 53.2 Å². The number of rotatable bonds is 5. The first-order valence-corrected chi connectivity index (χ1v) is 12.2. The molecule has 6 heteroatoms. The molecule has 6 atom stereocenters. The van der Waals surface area contributed by atoms with Crippen molar-refractivity contribution >= 4 is 12.0 Å². The Morgan fingerprint density at radius 1 is 1.32 bits per heavy atom. The fourth-order valence-electron chi connectivity index (χ4n) is 5.74. The zero-order valence-electron chi connectivity index (χ0n) is 21.4. The molecule has 2 aliphatic heterocycles. The second-order valence-corrected chi connectivity index (χ2v) is 10.6. The molecular formula is C28H38N2O4. The van der Waals surface area contributed by atoms with E-state index in [0.717, 1.165) is 12.0 Å². The van der Waals surface area contributed by atoms with Gasteiger partial charge in [-0.25, -0.2) is 9.78 Å². The molecule has 0 fully saturated rings. The molecule has 1 aliphatic carbocycles. The smallest absolute Gasteiger partial charge is 0.331 e. The van der Waals surface area contributed by atoms with Gasteiger partial charge in [0.2, 0.25) is 5.79 Å². The van der Waals surface area contributed by atoms with Gasteiger partial charge in [0.1, 0.15) is 11.7 Å². The summed E-state index contributed by atoms with van der Waals surface area (Å²) in [6, 6.07) is 0. The largest absolute Gasteiger partial charge is 0.456 e. The van der Waals surface area contributed by atoms with Crippen molar-refractivity contribution in [2.45, 2.75) is 65.0 Å². The summed E-state index contributed by atoms with van der Waals surface area (Å²) in [6.45, 7) is 10.9. The van der Waals surface area contributed by atoms with Crippen LogP contribution in [0.15, 0.2) is 54.1 Å². The number of hydrogen-bond acceptors (Lipinski definition) is 5. The second kappa shape index (κ2) is 9.31. The Morgan fingerprint density at radius 2 is 2.09 bits per heavy atom. The third-order valence-electron chi connectivity index (χ3n) is 7.89. The molecule has 4 rings (SSSR count). The molecule has 0 amide bonds. The molecule has 3 heterocycles. The van der Waals surface area contributed by atoms with Crippen LogP contribution in [0.5, 0.6) is 0 Å². The van der Waals surface area contributed by atoms with Gasteiger partial charge in [0.25, 0.3) is 0 Å². The predicted molar refractivity (Wildman–Crippen MR) is 133 cm³/mol. The van der Waals surface area contributed by atoms with Crippen LogP contribution >= 0.6 is 0 Å². The van der Waals surface area contributed by atoms with E-state index in [2.05, 4.69) is 44.8 Å². The van der Waals surface area contributed by atoms with E-state index >= 15 is 0 Å². The van der Waals surface area contributed by atoms with Crippen molar-refractivity contribution in [3.8, 4) is 0 Å². The lowest BCUT2D eigenvalue weighted by Crippen LogP contribution is -2.47. The van der Waals surface area contributed by atoms with E-state index in [1.54, 1.807) is 19.5 Å². The fraction of sp³-hybridized carbons (Fsp3) is 0.571. The number of allylic oxidation sites excluding steroid dienone is 3. The highest BCUT2D eigenvalue weighted by atomic mass is 16.7. The molecule has 6 nitrogen and oxygen atoms in total. The van der Waals surface area contributed by atoms with Gasteiger partial charge in [-0.3, -0.25) is 0 Å². The number of nitrogens with zero attached hydrogens (tertiary/aromatic N) is 2. The number of hydrogen-bond donors (Lipinski definition) is 0. The zero-order valence-corrected chi connectivity index (χ0v) is 21.4. The molecular weight excluding hydrogens is 428 g/mol. The summed E-state index contributed by atoms with van der Waals surface area (Å²) in [5, 5.41) is 0. The number of esters is 1. The third-order valence-corrected chi connectivity index (χ3v) is 7.89. The maximum Gasteiger partial charge on any atom is 0.331 e. The van der Waals surface area contributed by atoms with Gasteiger partial charge >= 0.3 is 5.97 Å². The van der Waals surface area contributed by atoms with Gasteiger partial charge in [0, 0.05) is 26.4 Å². The summed E-state index contributed by atoms with van der Waals surface area (Å²) >= 11 is 0. The molecule has 0 aromatic carbocycles. The molecule has 0 spiro atoms. The van der Waals surface area contributed by atoms with E-state index < -0.39 is 23.5 Å². The zero-order chi connectivity index (χ0) is 24.7. The predicted octanol–water partition coefficient (Wildman–Crippen LogP) is 5.24. The number of carbonyl (C=O) groups excluding carboxylic acids is 1. The summed E-state index contributed by atoms with van der Waals surface area (Å²) in [7, 11) is 3.56. The Hall–Kier alpha value is -2.44. The Kier molecular flexibility index (Phi) is 6.76. The van der Waals surface area contributed by atoms with Crippen molar-refractivity contribution in [2.75, 3.05) is 7.11 Å². The number of carbonyl (C=O) groups is 1. The molecule has 0 saturated heterocycles. The minimum atomic E-state index is -0.950. The molecule has 34 heavy (non-hydrogen) atoms. The molecule has 3 aliphatic rings. The van der Waals surface area contributed by atoms with Crippen LogP contribution in [-0.4, -0.2) is 40.1 Å². The highest BCUT2D eigenvalue weighted by Crippen LogP contribution is 2.49. The average molecular weight is 467 g/mol. The Morgan fingerprint density at radius 3 is 2.74 bits per heavy atom. The first kappa shape index (κ1) is 24.7. The summed E-state index contributed by atoms with van der Waals surface area (Å²) in [5.41, 5.74) is 2.31. The molecule has 6 unspecified atom stereocenters. The van der Waals surface area contributed by atoms with Crippen LogP contribution in [0.3, 0.4) is 0 Å². The molecule has 0 N–H and O–H groups in total. The fourth-order valence-corrected chi connectivity index (χ4v) is 5.74. The van der Waals surface area contributed by atoms with Crippen molar-refractivity contribution in [1.82, 2.24) is 9.55 Å². The molecule has 0 saturated carbocycles. The van der Waals surface area contributed by atoms with Gasteiger partial charge in [-0.05, 0) is 81.1 Å². The number of methoxy groups -OCH3 is 1. The summed E-state index contributed by atoms with van der Waals surface area (Å²) < 4.78 is 20.5. The second-order valence-electron chi connectivity index (χ2n) is 10.6. The maximum absolute atomic E-state index is 12.9. The van der Waals surface area contributed by atoms with E-state index in [1.807, 2.05) is 36.9 Å². The normalized spacial score (nSPS) is 35.4. The topological polar surface area (TPSA) is 62.6 Å². The van der Waals surface area contributed by atoms with Crippen molar-refractivity contribution < 1.29 is 19.0 Å². The standard InChI is InChI=1S/C28H38N2O4/c1-18(2)22-10-8-19(3)23-15-25(33-26(31)11-9-21-16-30(6)17-29-21)27(5)12-13-28(32-7,34-27)20(4)14-24(22)23/h8-9,11-14,16-18,22-25H,10,15H2,1-7H3. The summed E-state index contributed by atoms with van der Waals surface area (Å²) in [6.07, 6.45) is 16.6. The summed E-state index contributed by atoms with van der Waals surface area (Å²) in [4.78, 5) is 17.2. The average Bonchev–Trinajstić information content (AvgIpc) is 3.38. The number of imidazole rings is 1. The minimum Gasteiger partial charge on any atom is -0.456 e. The van der Waals surface area contributed by atoms with Gasteiger partial charge in [0.05, 0.1) is 12.0 Å². The van der Waals surface area contributed by atoms with Gasteiger partial charge in [-0.1, -0.05) is 31.6 Å². The van der Waals surface area contributed by atoms with Crippen molar-refractivity contribution in [3.05, 3.63) is 59.7 Å². The third kappa shape index (κ3) is 4.58. The van der Waals surface area contributed by atoms with Crippen LogP contribution in [0, 0.1) is 23.7 Å². The number of fused-ring (bicyclic) bond motifs is 3. The Bertz CT molecular complexity index is 1050. The molecule has 1 aromatic rings. The lowest BCUT2D eigenvalue weighted by molar-refractivity contribution is -0.225. The van der Waals surface area contributed by atoms with Crippen LogP contribution in [-0.2, 0) is 26.1 Å². The van der Waals surface area contributed by atoms with E-state index in [-0.39, 0.29) is 5.92 Å². The highest BCUT2D eigenvalue weighted by molar-refractivity contribution is 5.86. The van der Waals surface area contributed by atoms with Crippen molar-refractivity contribution in [1.29, 1.82) is 0 Å². The number of aromatic nitrogens is 2. The lowest BCUT2D eigenvalue weighted by Gasteiger charge is -2.41. The monoisotopic (exact) mass is 466 g/mol. The van der Waals surface area contributed by atoms with Gasteiger partial charge in [-0.15, -0.1) is 0 Å². The summed E-state index contributed by atoms with van der Waals surface area (Å²) in [5.74, 6) is 0.271. The van der Waals surface area contributed by atoms with Gasteiger partial charge in [-0.2, -0.15) is 0 Å². The van der Waals surface area contributed by atoms with Gasteiger partial charge < -0.3 is 18.8 Å². The van der Waals surface area contributed by atoms with Crippen molar-refractivity contribution in [3.63, 3.8) is 0 Å². The minimum absolute atomic E-state index is 0.260. The highest BCUT2D eigenvalue weighted by Gasteiger charge is 2.52. The van der Waals surface area contributed by atoms with E-state index in [9.17, 15) is 4.79 Å². The Labute approximate surface area is 203 Å². The van der Waals surface area contributed by atoms with Crippen LogP contribution in [0.25, 0.3) is 6.08 Å². The van der Waals surface area contributed by atoms with Crippen molar-refractivity contribution in [2.24, 2.45) is 30.7 Å². The molecule has 0 radical (unpaired) electrons. The molecule has 2 bridgehead atoms. The van der Waals surface area contributed by atoms with E-state index in [4.69, 9.17) is 14.2 Å².